The number of carbonyl (C=O) groups is 3. The Morgan fingerprint density at radius 2 is 2.17 bits per heavy atom. The molecule has 3 N–H and O–H groups in total. The Labute approximate surface area is 141 Å². The number of aromatic nitrogens is 2. The van der Waals surface area contributed by atoms with Crippen LogP contribution in [0.1, 0.15) is 34.8 Å². The van der Waals surface area contributed by atoms with Crippen LogP contribution in [0.2, 0.25) is 0 Å². The van der Waals surface area contributed by atoms with Crippen molar-refractivity contribution < 1.29 is 14.4 Å². The zero-order chi connectivity index (χ0) is 17.3. The van der Waals surface area contributed by atoms with Crippen LogP contribution in [-0.2, 0) is 16.8 Å². The molecule has 4 amide bonds. The molecular weight excluding hydrogens is 330 g/mol. The van der Waals surface area contributed by atoms with Gasteiger partial charge in [-0.05, 0) is 42.6 Å². The fourth-order valence-electron chi connectivity index (χ4n) is 2.45. The van der Waals surface area contributed by atoms with Gasteiger partial charge in [0.25, 0.3) is 11.8 Å². The normalized spacial score (nSPS) is 19.8. The fourth-order valence-corrected chi connectivity index (χ4v) is 3.10. The zero-order valence-electron chi connectivity index (χ0n) is 13.0. The van der Waals surface area contributed by atoms with Gasteiger partial charge in [0, 0.05) is 5.69 Å². The first-order valence-corrected chi connectivity index (χ1v) is 8.08. The van der Waals surface area contributed by atoms with Crippen molar-refractivity contribution in [3.8, 4) is 0 Å². The lowest BCUT2D eigenvalue weighted by atomic mass is 9.92. The van der Waals surface area contributed by atoms with E-state index >= 15 is 0 Å². The van der Waals surface area contributed by atoms with Gasteiger partial charge in [-0.3, -0.25) is 14.9 Å². The van der Waals surface area contributed by atoms with Crippen LogP contribution < -0.4 is 16.0 Å². The van der Waals surface area contributed by atoms with E-state index in [4.69, 9.17) is 0 Å². The van der Waals surface area contributed by atoms with Crippen LogP contribution >= 0.6 is 11.5 Å². The molecule has 1 aliphatic heterocycles. The monoisotopic (exact) mass is 345 g/mol. The largest absolute Gasteiger partial charge is 0.322 e. The number of urea groups is 1. The lowest BCUT2D eigenvalue weighted by Crippen LogP contribution is -2.40. The quantitative estimate of drug-likeness (QED) is 0.725. The summed E-state index contributed by atoms with van der Waals surface area (Å²) in [6, 6.07) is 6.25. The maximum Gasteiger partial charge on any atom is 0.322 e. The van der Waals surface area contributed by atoms with Crippen LogP contribution in [0, 0.1) is 0 Å². The number of aryl methyl sites for hydroxylation is 1. The number of amides is 4. The number of nitrogens with zero attached hydrogens (tertiary/aromatic N) is 2. The zero-order valence-corrected chi connectivity index (χ0v) is 13.9. The Morgan fingerprint density at radius 1 is 1.38 bits per heavy atom. The second-order valence-corrected chi connectivity index (χ2v) is 6.22. The number of benzene rings is 1. The van der Waals surface area contributed by atoms with Gasteiger partial charge in [0.1, 0.15) is 10.4 Å². The molecule has 0 bridgehead atoms. The minimum absolute atomic E-state index is 0.302. The maximum atomic E-state index is 12.4. The molecule has 1 aliphatic rings. The molecule has 2 heterocycles. The van der Waals surface area contributed by atoms with Gasteiger partial charge < -0.3 is 10.6 Å². The summed E-state index contributed by atoms with van der Waals surface area (Å²) in [5.74, 6) is -0.736. The number of hydrogen-bond donors (Lipinski definition) is 3. The molecule has 1 fully saturated rings. The second-order valence-electron chi connectivity index (χ2n) is 5.47. The third kappa shape index (κ3) is 2.73. The molecule has 24 heavy (non-hydrogen) atoms. The van der Waals surface area contributed by atoms with Crippen molar-refractivity contribution in [3.05, 3.63) is 40.4 Å². The molecule has 1 atom stereocenters. The first kappa shape index (κ1) is 16.1. The number of imide groups is 1. The van der Waals surface area contributed by atoms with Crippen molar-refractivity contribution in [2.24, 2.45) is 0 Å². The molecule has 0 saturated carbocycles. The first-order chi connectivity index (χ1) is 11.4. The van der Waals surface area contributed by atoms with Gasteiger partial charge in [-0.25, -0.2) is 4.79 Å². The summed E-state index contributed by atoms with van der Waals surface area (Å²) < 4.78 is 3.80. The van der Waals surface area contributed by atoms with Crippen LogP contribution in [0.5, 0.6) is 0 Å². The summed E-state index contributed by atoms with van der Waals surface area (Å²) in [6.45, 7) is 3.51. The van der Waals surface area contributed by atoms with E-state index in [9.17, 15) is 14.4 Å². The molecule has 8 nitrogen and oxygen atoms in total. The van der Waals surface area contributed by atoms with Crippen LogP contribution in [0.25, 0.3) is 0 Å². The van der Waals surface area contributed by atoms with Gasteiger partial charge in [-0.2, -0.15) is 0 Å². The Bertz CT molecular complexity index is 834. The second kappa shape index (κ2) is 6.00. The average Bonchev–Trinajstić information content (AvgIpc) is 3.12. The van der Waals surface area contributed by atoms with Crippen molar-refractivity contribution in [1.82, 2.24) is 20.2 Å². The van der Waals surface area contributed by atoms with E-state index in [-0.39, 0.29) is 5.91 Å². The highest BCUT2D eigenvalue weighted by molar-refractivity contribution is 7.08. The van der Waals surface area contributed by atoms with E-state index < -0.39 is 17.5 Å². The predicted molar refractivity (Wildman–Crippen MR) is 87.7 cm³/mol. The molecule has 0 aliphatic carbocycles. The van der Waals surface area contributed by atoms with Crippen molar-refractivity contribution in [2.45, 2.75) is 25.8 Å². The molecule has 2 aromatic rings. The van der Waals surface area contributed by atoms with Gasteiger partial charge in [-0.1, -0.05) is 23.5 Å². The van der Waals surface area contributed by atoms with Gasteiger partial charge in [-0.15, -0.1) is 5.10 Å². The Morgan fingerprint density at radius 3 is 2.83 bits per heavy atom. The summed E-state index contributed by atoms with van der Waals surface area (Å²) in [7, 11) is 0. The fraction of sp³-hybridized carbons (Fsp3) is 0.267. The molecule has 9 heteroatoms. The Balaban J connectivity index is 1.85. The molecule has 0 spiro atoms. The highest BCUT2D eigenvalue weighted by Crippen LogP contribution is 2.27. The number of carbonyl (C=O) groups excluding carboxylic acids is 3. The number of hydrogen-bond acceptors (Lipinski definition) is 6. The van der Waals surface area contributed by atoms with Crippen LogP contribution in [0.15, 0.2) is 24.3 Å². The highest BCUT2D eigenvalue weighted by Gasteiger charge is 2.43. The van der Waals surface area contributed by atoms with Crippen molar-refractivity contribution >= 4 is 35.1 Å². The number of anilines is 1. The SMILES string of the molecule is CCc1nnsc1C(=O)Nc1cccc([C@@]2(C)NC(=O)NC2=O)c1. The van der Waals surface area contributed by atoms with Crippen molar-refractivity contribution in [2.75, 3.05) is 5.32 Å². The van der Waals surface area contributed by atoms with Crippen LogP contribution in [0.3, 0.4) is 0 Å². The average molecular weight is 345 g/mol. The summed E-state index contributed by atoms with van der Waals surface area (Å²) in [5.41, 5.74) is 0.561. The Kier molecular flexibility index (Phi) is 4.02. The lowest BCUT2D eigenvalue weighted by Gasteiger charge is -2.21. The summed E-state index contributed by atoms with van der Waals surface area (Å²) in [6.07, 6.45) is 0.615. The van der Waals surface area contributed by atoms with E-state index in [0.29, 0.717) is 28.2 Å². The van der Waals surface area contributed by atoms with Crippen molar-refractivity contribution in [1.29, 1.82) is 0 Å². The molecular formula is C15H15N5O3S. The molecule has 1 aromatic heterocycles. The molecule has 0 unspecified atom stereocenters. The summed E-state index contributed by atoms with van der Waals surface area (Å²) in [5, 5.41) is 11.5. The summed E-state index contributed by atoms with van der Waals surface area (Å²) in [4.78, 5) is 36.2. The van der Waals surface area contributed by atoms with Crippen molar-refractivity contribution in [3.63, 3.8) is 0 Å². The smallest absolute Gasteiger partial charge is 0.321 e. The standard InChI is InChI=1S/C15H15N5O3S/c1-3-10-11(24-20-19-10)12(21)16-9-6-4-5-8(7-9)15(2)13(22)17-14(23)18-15/h4-7H,3H2,1-2H3,(H,16,21)(H2,17,18,22,23)/t15-/m1/s1. The third-order valence-corrected chi connectivity index (χ3v) is 4.61. The van der Waals surface area contributed by atoms with E-state index in [0.717, 1.165) is 11.5 Å². The van der Waals surface area contributed by atoms with E-state index in [1.807, 2.05) is 6.92 Å². The minimum atomic E-state index is -1.17. The molecule has 1 saturated heterocycles. The van der Waals surface area contributed by atoms with Crippen LogP contribution in [-0.4, -0.2) is 27.4 Å². The number of nitrogens with one attached hydrogen (secondary N) is 3. The Hall–Kier alpha value is -2.81. The third-order valence-electron chi connectivity index (χ3n) is 3.84. The van der Waals surface area contributed by atoms with Gasteiger partial charge in [0.05, 0.1) is 5.69 Å². The van der Waals surface area contributed by atoms with E-state index in [1.165, 1.54) is 0 Å². The van der Waals surface area contributed by atoms with E-state index in [2.05, 4.69) is 25.5 Å². The molecule has 124 valence electrons. The lowest BCUT2D eigenvalue weighted by molar-refractivity contribution is -0.123. The molecule has 1 aromatic carbocycles. The highest BCUT2D eigenvalue weighted by atomic mass is 32.1. The van der Waals surface area contributed by atoms with Gasteiger partial charge >= 0.3 is 6.03 Å². The van der Waals surface area contributed by atoms with E-state index in [1.54, 1.807) is 31.2 Å². The molecule has 0 radical (unpaired) electrons. The summed E-state index contributed by atoms with van der Waals surface area (Å²) >= 11 is 1.04. The minimum Gasteiger partial charge on any atom is -0.321 e. The number of rotatable bonds is 4. The maximum absolute atomic E-state index is 12.4. The predicted octanol–water partition coefficient (Wildman–Crippen LogP) is 1.41. The first-order valence-electron chi connectivity index (χ1n) is 7.30. The van der Waals surface area contributed by atoms with Gasteiger partial charge in [0.2, 0.25) is 0 Å². The molecule has 3 rings (SSSR count). The van der Waals surface area contributed by atoms with Gasteiger partial charge in [0.15, 0.2) is 0 Å². The topological polar surface area (TPSA) is 113 Å². The van der Waals surface area contributed by atoms with Crippen LogP contribution in [0.4, 0.5) is 10.5 Å².